The van der Waals surface area contributed by atoms with Gasteiger partial charge in [-0.25, -0.2) is 4.79 Å². The van der Waals surface area contributed by atoms with E-state index >= 15 is 0 Å². The van der Waals surface area contributed by atoms with Gasteiger partial charge in [0.05, 0.1) is 0 Å². The van der Waals surface area contributed by atoms with Crippen molar-refractivity contribution in [2.75, 3.05) is 18.6 Å². The summed E-state index contributed by atoms with van der Waals surface area (Å²) in [6.45, 7) is 7.86. The fraction of sp³-hybridized carbons (Fsp3) is 0.640. The molecule has 1 aliphatic carbocycles. The fourth-order valence-corrected chi connectivity index (χ4v) is 4.04. The lowest BCUT2D eigenvalue weighted by Gasteiger charge is -2.34. The minimum Gasteiger partial charge on any atom is -0.508 e. The summed E-state index contributed by atoms with van der Waals surface area (Å²) in [5.41, 5.74) is -0.0749. The highest BCUT2D eigenvalue weighted by atomic mass is 32.2. The van der Waals surface area contributed by atoms with Gasteiger partial charge in [-0.1, -0.05) is 25.5 Å². The largest absolute Gasteiger partial charge is 0.508 e. The third-order valence-electron chi connectivity index (χ3n) is 5.36. The molecule has 3 amide bonds. The average Bonchev–Trinajstić information content (AvgIpc) is 3.59. The van der Waals surface area contributed by atoms with E-state index in [-0.39, 0.29) is 23.6 Å². The number of nitrogens with one attached hydrogen (secondary N) is 2. The number of hydrogen-bond acceptors (Lipinski definition) is 6. The van der Waals surface area contributed by atoms with Crippen LogP contribution in [-0.4, -0.2) is 64.2 Å². The Bertz CT molecular complexity index is 821. The molecule has 1 saturated carbocycles. The molecular formula is C25H39N3O5S. The van der Waals surface area contributed by atoms with Gasteiger partial charge in [-0.05, 0) is 76.2 Å². The van der Waals surface area contributed by atoms with Gasteiger partial charge in [0.15, 0.2) is 0 Å². The molecule has 1 aliphatic rings. The molecule has 34 heavy (non-hydrogen) atoms. The molecule has 2 rings (SSSR count). The highest BCUT2D eigenvalue weighted by Crippen LogP contribution is 2.36. The van der Waals surface area contributed by atoms with E-state index in [1.165, 1.54) is 12.1 Å². The number of carbonyl (C=O) groups excluding carboxylic acids is 3. The molecule has 0 spiro atoms. The fourth-order valence-electron chi connectivity index (χ4n) is 3.57. The summed E-state index contributed by atoms with van der Waals surface area (Å²) in [7, 11) is 0. The van der Waals surface area contributed by atoms with Gasteiger partial charge in [0.25, 0.3) is 0 Å². The summed E-state index contributed by atoms with van der Waals surface area (Å²) in [5, 5.41) is 15.4. The zero-order valence-corrected chi connectivity index (χ0v) is 21.7. The van der Waals surface area contributed by atoms with Crippen LogP contribution in [0.2, 0.25) is 0 Å². The van der Waals surface area contributed by atoms with Crippen molar-refractivity contribution in [2.24, 2.45) is 0 Å². The Balaban J connectivity index is 2.36. The number of alkyl carbamates (subject to hydrolysis) is 1. The maximum absolute atomic E-state index is 13.9. The molecule has 8 nitrogen and oxygen atoms in total. The molecule has 0 heterocycles. The number of hydrogen-bond donors (Lipinski definition) is 3. The van der Waals surface area contributed by atoms with Crippen LogP contribution in [-0.2, 0) is 14.3 Å². The van der Waals surface area contributed by atoms with Crippen molar-refractivity contribution in [3.63, 3.8) is 0 Å². The maximum atomic E-state index is 13.9. The quantitative estimate of drug-likeness (QED) is 0.380. The van der Waals surface area contributed by atoms with Crippen molar-refractivity contribution in [3.05, 3.63) is 29.8 Å². The predicted molar refractivity (Wildman–Crippen MR) is 135 cm³/mol. The number of nitrogens with zero attached hydrogens (tertiary/aromatic N) is 1. The lowest BCUT2D eigenvalue weighted by molar-refractivity contribution is -0.143. The number of phenols is 1. The summed E-state index contributed by atoms with van der Waals surface area (Å²) in [6, 6.07) is 4.62. The van der Waals surface area contributed by atoms with E-state index in [9.17, 15) is 19.5 Å². The molecule has 2 atom stereocenters. The summed E-state index contributed by atoms with van der Waals surface area (Å²) in [5.74, 6) is 0.186. The molecule has 1 aromatic carbocycles. The Hall–Kier alpha value is -2.42. The zero-order chi connectivity index (χ0) is 25.3. The van der Waals surface area contributed by atoms with Crippen LogP contribution in [0.5, 0.6) is 5.75 Å². The van der Waals surface area contributed by atoms with Crippen LogP contribution >= 0.6 is 11.8 Å². The number of carbonyl (C=O) groups is 3. The van der Waals surface area contributed by atoms with Crippen LogP contribution in [0.1, 0.15) is 71.4 Å². The number of benzene rings is 1. The Labute approximate surface area is 207 Å². The van der Waals surface area contributed by atoms with E-state index in [1.54, 1.807) is 49.6 Å². The van der Waals surface area contributed by atoms with Crippen molar-refractivity contribution in [3.8, 4) is 5.75 Å². The van der Waals surface area contributed by atoms with Gasteiger partial charge in [-0.3, -0.25) is 9.59 Å². The Kier molecular flexibility index (Phi) is 10.5. The number of aromatic hydroxyl groups is 1. The molecule has 0 radical (unpaired) electrons. The summed E-state index contributed by atoms with van der Waals surface area (Å²) >= 11 is 1.58. The number of amides is 3. The normalized spacial score (nSPS) is 15.2. The van der Waals surface area contributed by atoms with E-state index in [2.05, 4.69) is 10.6 Å². The summed E-state index contributed by atoms with van der Waals surface area (Å²) in [6.07, 6.45) is 5.06. The minimum absolute atomic E-state index is 0.0829. The van der Waals surface area contributed by atoms with Gasteiger partial charge < -0.3 is 25.4 Å². The molecule has 9 heteroatoms. The van der Waals surface area contributed by atoms with E-state index in [0.717, 1.165) is 25.7 Å². The molecular weight excluding hydrogens is 454 g/mol. The van der Waals surface area contributed by atoms with E-state index in [4.69, 9.17) is 4.74 Å². The third-order valence-corrected chi connectivity index (χ3v) is 6.00. The highest BCUT2D eigenvalue weighted by Gasteiger charge is 2.43. The van der Waals surface area contributed by atoms with Gasteiger partial charge >= 0.3 is 6.09 Å². The van der Waals surface area contributed by atoms with Crippen LogP contribution in [0.3, 0.4) is 0 Å². The van der Waals surface area contributed by atoms with E-state index < -0.39 is 23.8 Å². The van der Waals surface area contributed by atoms with Gasteiger partial charge in [0.2, 0.25) is 11.8 Å². The van der Waals surface area contributed by atoms with Crippen LogP contribution < -0.4 is 10.6 Å². The zero-order valence-electron chi connectivity index (χ0n) is 20.9. The Morgan fingerprint density at radius 1 is 1.21 bits per heavy atom. The number of ether oxygens (including phenoxy) is 1. The minimum atomic E-state index is -0.852. The van der Waals surface area contributed by atoms with Crippen molar-refractivity contribution in [1.82, 2.24) is 15.5 Å². The second kappa shape index (κ2) is 12.9. The second-order valence-corrected chi connectivity index (χ2v) is 10.6. The van der Waals surface area contributed by atoms with Gasteiger partial charge in [-0.2, -0.15) is 11.8 Å². The van der Waals surface area contributed by atoms with Crippen molar-refractivity contribution in [1.29, 1.82) is 0 Å². The Morgan fingerprint density at radius 3 is 2.38 bits per heavy atom. The van der Waals surface area contributed by atoms with Crippen molar-refractivity contribution >= 4 is 29.7 Å². The van der Waals surface area contributed by atoms with Crippen LogP contribution in [0.15, 0.2) is 24.3 Å². The van der Waals surface area contributed by atoms with Gasteiger partial charge in [0, 0.05) is 12.6 Å². The van der Waals surface area contributed by atoms with Crippen molar-refractivity contribution < 1.29 is 24.2 Å². The molecule has 2 unspecified atom stereocenters. The topological polar surface area (TPSA) is 108 Å². The SMILES string of the molecule is CCCCNC(=O)C(c1ccc(O)cc1)N(C(=O)C(CCSC)NC(=O)OC(C)(C)C)C1CC1. The maximum Gasteiger partial charge on any atom is 0.408 e. The number of rotatable bonds is 12. The Morgan fingerprint density at radius 2 is 1.85 bits per heavy atom. The third kappa shape index (κ3) is 8.74. The van der Waals surface area contributed by atoms with Crippen LogP contribution in [0.4, 0.5) is 4.79 Å². The first kappa shape index (κ1) is 27.8. The standard InChI is InChI=1S/C25H39N3O5S/c1-6-7-15-26-22(30)21(17-8-12-19(29)13-9-17)28(18-10-11-18)23(31)20(14-16-34-5)27-24(32)33-25(2,3)4/h8-9,12-13,18,20-21,29H,6-7,10-11,14-16H2,1-5H3,(H,26,30)(H,27,32). The first-order valence-corrected chi connectivity index (χ1v) is 13.3. The number of phenolic OH excluding ortho intramolecular Hbond substituents is 1. The predicted octanol–water partition coefficient (Wildman–Crippen LogP) is 3.99. The van der Waals surface area contributed by atoms with Crippen LogP contribution in [0.25, 0.3) is 0 Å². The molecule has 1 fully saturated rings. The number of thioether (sulfide) groups is 1. The molecule has 0 saturated heterocycles. The van der Waals surface area contributed by atoms with E-state index in [0.29, 0.717) is 24.3 Å². The molecule has 0 aromatic heterocycles. The molecule has 0 aliphatic heterocycles. The molecule has 1 aromatic rings. The van der Waals surface area contributed by atoms with Crippen LogP contribution in [0, 0.1) is 0 Å². The van der Waals surface area contributed by atoms with Crippen molar-refractivity contribution in [2.45, 2.75) is 83.5 Å². The highest BCUT2D eigenvalue weighted by molar-refractivity contribution is 7.98. The average molecular weight is 494 g/mol. The first-order valence-electron chi connectivity index (χ1n) is 11.9. The lowest BCUT2D eigenvalue weighted by atomic mass is 10.0. The first-order chi connectivity index (χ1) is 16.1. The monoisotopic (exact) mass is 493 g/mol. The summed E-state index contributed by atoms with van der Waals surface area (Å²) in [4.78, 5) is 41.3. The molecule has 190 valence electrons. The van der Waals surface area contributed by atoms with Gasteiger partial charge in [-0.15, -0.1) is 0 Å². The molecule has 0 bridgehead atoms. The number of unbranched alkanes of at least 4 members (excludes halogenated alkanes) is 1. The lowest BCUT2D eigenvalue weighted by Crippen LogP contribution is -2.54. The molecule has 3 N–H and O–H groups in total. The second-order valence-electron chi connectivity index (χ2n) is 9.60. The van der Waals surface area contributed by atoms with Gasteiger partial charge in [0.1, 0.15) is 23.4 Å². The van der Waals surface area contributed by atoms with E-state index in [1.807, 2.05) is 13.2 Å². The summed E-state index contributed by atoms with van der Waals surface area (Å²) < 4.78 is 5.39. The smallest absolute Gasteiger partial charge is 0.408 e.